The number of imide groups is 1. The molecule has 3 heterocycles. The zero-order valence-corrected chi connectivity index (χ0v) is 18.0. The highest BCUT2D eigenvalue weighted by molar-refractivity contribution is 6.06. The molecule has 3 aliphatic carbocycles. The van der Waals surface area contributed by atoms with Gasteiger partial charge in [-0.25, -0.2) is 0 Å². The van der Waals surface area contributed by atoms with Gasteiger partial charge in [0.1, 0.15) is 17.4 Å². The van der Waals surface area contributed by atoms with Crippen LogP contribution in [0.2, 0.25) is 0 Å². The Morgan fingerprint density at radius 1 is 1.10 bits per heavy atom. The van der Waals surface area contributed by atoms with Crippen molar-refractivity contribution in [2.75, 3.05) is 0 Å². The van der Waals surface area contributed by atoms with Crippen LogP contribution in [0.15, 0.2) is 27.7 Å². The van der Waals surface area contributed by atoms with Gasteiger partial charge in [-0.3, -0.25) is 14.2 Å². The molecule has 1 saturated heterocycles. The Labute approximate surface area is 180 Å². The Morgan fingerprint density at radius 3 is 2.26 bits per heavy atom. The molecule has 1 aliphatic heterocycles. The molecular weight excluding hydrogens is 392 g/mol. The lowest BCUT2D eigenvalue weighted by molar-refractivity contribution is -0.140. The van der Waals surface area contributed by atoms with E-state index in [2.05, 4.69) is 23.3 Å². The molecule has 7 heteroatoms. The summed E-state index contributed by atoms with van der Waals surface area (Å²) in [6.07, 6.45) is 7.69. The predicted molar refractivity (Wildman–Crippen MR) is 113 cm³/mol. The maximum atomic E-state index is 13.0. The standard InChI is InChI=1S/C24H24N4O3/c1-12-9-18(14(3)27(12)24-19(10-25)13(2)15(4)31-24)11-26-28-22(29)20-16-5-6-17(8-7-16)21(20)23(28)30/h5-6,9,11,16-17,20-21H,7-8H2,1-4H3/b26-11-/t16-,17-,20-,21+/m0/s1. The van der Waals surface area contributed by atoms with Crippen LogP contribution in [0.5, 0.6) is 0 Å². The molecule has 0 N–H and O–H groups in total. The van der Waals surface area contributed by atoms with Crippen molar-refractivity contribution >= 4 is 18.0 Å². The maximum absolute atomic E-state index is 13.0. The van der Waals surface area contributed by atoms with Crippen molar-refractivity contribution in [2.24, 2.45) is 28.8 Å². The summed E-state index contributed by atoms with van der Waals surface area (Å²) in [4.78, 5) is 25.9. The number of furan rings is 1. The molecule has 1 saturated carbocycles. The number of carbonyl (C=O) groups excluding carboxylic acids is 2. The van der Waals surface area contributed by atoms with E-state index in [1.165, 1.54) is 0 Å². The second kappa shape index (κ2) is 6.81. The molecule has 6 rings (SSSR count). The Bertz CT molecular complexity index is 1190. The Hall–Kier alpha value is -3.40. The number of allylic oxidation sites excluding steroid dienone is 2. The fourth-order valence-corrected chi connectivity index (χ4v) is 5.42. The normalized spacial score (nSPS) is 26.9. The molecule has 2 fully saturated rings. The predicted octanol–water partition coefficient (Wildman–Crippen LogP) is 3.71. The molecule has 2 aromatic rings. The second-order valence-corrected chi connectivity index (χ2v) is 8.81. The number of carbonyl (C=O) groups is 2. The lowest BCUT2D eigenvalue weighted by atomic mass is 9.63. The van der Waals surface area contributed by atoms with Crippen molar-refractivity contribution in [3.63, 3.8) is 0 Å². The molecule has 0 unspecified atom stereocenters. The van der Waals surface area contributed by atoms with E-state index < -0.39 is 0 Å². The Balaban J connectivity index is 1.48. The van der Waals surface area contributed by atoms with Crippen LogP contribution in [0.1, 0.15) is 46.7 Å². The molecule has 0 aromatic carbocycles. The molecule has 158 valence electrons. The summed E-state index contributed by atoms with van der Waals surface area (Å²) in [7, 11) is 0. The Kier molecular flexibility index (Phi) is 4.30. The average molecular weight is 416 g/mol. The van der Waals surface area contributed by atoms with Crippen LogP contribution in [0, 0.1) is 62.7 Å². The van der Waals surface area contributed by atoms with Crippen LogP contribution < -0.4 is 0 Å². The number of rotatable bonds is 3. The fourth-order valence-electron chi connectivity index (χ4n) is 5.42. The van der Waals surface area contributed by atoms with Crippen molar-refractivity contribution in [3.8, 4) is 12.0 Å². The van der Waals surface area contributed by atoms with Gasteiger partial charge in [0.05, 0.1) is 18.1 Å². The van der Waals surface area contributed by atoms with E-state index in [1.807, 2.05) is 38.3 Å². The van der Waals surface area contributed by atoms with Crippen LogP contribution in [0.25, 0.3) is 5.88 Å². The third kappa shape index (κ3) is 2.67. The highest BCUT2D eigenvalue weighted by atomic mass is 16.4. The van der Waals surface area contributed by atoms with E-state index >= 15 is 0 Å². The zero-order chi connectivity index (χ0) is 22.0. The summed E-state index contributed by atoms with van der Waals surface area (Å²) in [6.45, 7) is 7.52. The number of aryl methyl sites for hydroxylation is 2. The number of nitrogens with zero attached hydrogens (tertiary/aromatic N) is 4. The first kappa shape index (κ1) is 19.6. The topological polar surface area (TPSA) is 91.6 Å². The lowest BCUT2D eigenvalue weighted by Crippen LogP contribution is -2.38. The first-order chi connectivity index (χ1) is 14.8. The monoisotopic (exact) mass is 416 g/mol. The summed E-state index contributed by atoms with van der Waals surface area (Å²) < 4.78 is 7.75. The summed E-state index contributed by atoms with van der Waals surface area (Å²) in [5.74, 6) is 0.549. The third-order valence-corrected chi connectivity index (χ3v) is 7.20. The van der Waals surface area contributed by atoms with Gasteiger partial charge in [0.15, 0.2) is 0 Å². The molecular formula is C24H24N4O3. The molecule has 4 aliphatic rings. The molecule has 2 aromatic heterocycles. The van der Waals surface area contributed by atoms with Gasteiger partial charge in [-0.1, -0.05) is 12.2 Å². The van der Waals surface area contributed by atoms with Crippen molar-refractivity contribution < 1.29 is 14.0 Å². The average Bonchev–Trinajstić information content (AvgIpc) is 3.31. The highest BCUT2D eigenvalue weighted by Gasteiger charge is 2.56. The van der Waals surface area contributed by atoms with Gasteiger partial charge in [0.2, 0.25) is 5.88 Å². The lowest BCUT2D eigenvalue weighted by Gasteiger charge is -2.37. The first-order valence-electron chi connectivity index (χ1n) is 10.6. The van der Waals surface area contributed by atoms with Crippen LogP contribution >= 0.6 is 0 Å². The molecule has 0 radical (unpaired) electrons. The van der Waals surface area contributed by atoms with E-state index in [0.29, 0.717) is 17.2 Å². The van der Waals surface area contributed by atoms with Gasteiger partial charge < -0.3 is 4.42 Å². The first-order valence-corrected chi connectivity index (χ1v) is 10.6. The SMILES string of the molecule is Cc1oc(-n2c(C)cc(/C=N\N3C(=O)[C@@H]4[C@H](C3=O)[C@H]3C=C[C@H]4CC3)c2C)c(C#N)c1C. The van der Waals surface area contributed by atoms with Crippen molar-refractivity contribution in [3.05, 3.63) is 52.1 Å². The second-order valence-electron chi connectivity index (χ2n) is 8.81. The van der Waals surface area contributed by atoms with E-state index in [9.17, 15) is 14.9 Å². The minimum Gasteiger partial charge on any atom is -0.443 e. The number of hydrogen-bond donors (Lipinski definition) is 0. The molecule has 31 heavy (non-hydrogen) atoms. The largest absolute Gasteiger partial charge is 0.443 e. The van der Waals surface area contributed by atoms with Crippen LogP contribution in [-0.2, 0) is 9.59 Å². The summed E-state index contributed by atoms with van der Waals surface area (Å²) in [6, 6.07) is 4.14. The molecule has 4 atom stereocenters. The van der Waals surface area contributed by atoms with Crippen molar-refractivity contribution in [1.29, 1.82) is 5.26 Å². The quantitative estimate of drug-likeness (QED) is 0.433. The Morgan fingerprint density at radius 2 is 1.71 bits per heavy atom. The van der Waals surface area contributed by atoms with Gasteiger partial charge in [-0.15, -0.1) is 0 Å². The number of amides is 2. The zero-order valence-electron chi connectivity index (χ0n) is 18.0. The van der Waals surface area contributed by atoms with Crippen molar-refractivity contribution in [2.45, 2.75) is 40.5 Å². The van der Waals surface area contributed by atoms with E-state index in [4.69, 9.17) is 4.42 Å². The summed E-state index contributed by atoms with van der Waals surface area (Å²) in [5.41, 5.74) is 3.78. The van der Waals surface area contributed by atoms with E-state index in [0.717, 1.165) is 40.4 Å². The smallest absolute Gasteiger partial charge is 0.254 e. The minimum absolute atomic E-state index is 0.145. The van der Waals surface area contributed by atoms with Gasteiger partial charge in [-0.2, -0.15) is 15.4 Å². The number of aromatic nitrogens is 1. The number of fused-ring (bicyclic) bond motifs is 1. The van der Waals surface area contributed by atoms with Crippen LogP contribution in [-0.4, -0.2) is 27.6 Å². The van der Waals surface area contributed by atoms with Gasteiger partial charge in [0.25, 0.3) is 11.8 Å². The van der Waals surface area contributed by atoms with E-state index in [-0.39, 0.29) is 35.5 Å². The van der Waals surface area contributed by atoms with Crippen molar-refractivity contribution in [1.82, 2.24) is 9.58 Å². The van der Waals surface area contributed by atoms with Gasteiger partial charge in [0, 0.05) is 22.5 Å². The summed E-state index contributed by atoms with van der Waals surface area (Å²) in [5, 5.41) is 15.0. The summed E-state index contributed by atoms with van der Waals surface area (Å²) >= 11 is 0. The van der Waals surface area contributed by atoms with Gasteiger partial charge in [-0.05, 0) is 58.4 Å². The van der Waals surface area contributed by atoms with Crippen LogP contribution in [0.3, 0.4) is 0 Å². The maximum Gasteiger partial charge on any atom is 0.254 e. The molecule has 0 spiro atoms. The highest BCUT2D eigenvalue weighted by Crippen LogP contribution is 2.49. The number of nitriles is 1. The third-order valence-electron chi connectivity index (χ3n) is 7.20. The minimum atomic E-state index is -0.270. The molecule has 7 nitrogen and oxygen atoms in total. The molecule has 2 bridgehead atoms. The van der Waals surface area contributed by atoms with E-state index in [1.54, 1.807) is 6.21 Å². The van der Waals surface area contributed by atoms with Gasteiger partial charge >= 0.3 is 0 Å². The number of hydrogen-bond acceptors (Lipinski definition) is 5. The van der Waals surface area contributed by atoms with Crippen LogP contribution in [0.4, 0.5) is 0 Å². The fraction of sp³-hybridized carbons (Fsp3) is 0.417. The molecule has 2 amide bonds. The number of hydrazone groups is 1.